The topological polar surface area (TPSA) is 15.3 Å². The third kappa shape index (κ3) is 5.59. The highest BCUT2D eigenvalue weighted by Crippen LogP contribution is 2.15. The van der Waals surface area contributed by atoms with Gasteiger partial charge in [0.15, 0.2) is 0 Å². The van der Waals surface area contributed by atoms with Crippen LogP contribution in [0.15, 0.2) is 18.2 Å². The van der Waals surface area contributed by atoms with Crippen LogP contribution in [0, 0.1) is 5.82 Å². The number of benzene rings is 1. The second kappa shape index (κ2) is 8.38. The standard InChI is InChI=1S/C17H29FN2/c1-6-9-20(14(4)5)12-16-10-15(7-8-17(16)18)11-19-13(2)3/h7-8,10,13-14,19H,6,9,11-12H2,1-5H3. The van der Waals surface area contributed by atoms with E-state index in [1.807, 2.05) is 12.1 Å². The van der Waals surface area contributed by atoms with Gasteiger partial charge < -0.3 is 5.32 Å². The largest absolute Gasteiger partial charge is 0.310 e. The minimum Gasteiger partial charge on any atom is -0.310 e. The molecule has 1 rings (SSSR count). The molecule has 20 heavy (non-hydrogen) atoms. The number of hydrogen-bond donors (Lipinski definition) is 1. The molecule has 1 N–H and O–H groups in total. The maximum absolute atomic E-state index is 14.0. The Bertz CT molecular complexity index is 402. The molecule has 0 fully saturated rings. The zero-order valence-electron chi connectivity index (χ0n) is 13.5. The van der Waals surface area contributed by atoms with Gasteiger partial charge in [-0.3, -0.25) is 4.90 Å². The molecule has 0 aromatic heterocycles. The number of nitrogens with one attached hydrogen (secondary N) is 1. The Hall–Kier alpha value is -0.930. The molecule has 3 heteroatoms. The summed E-state index contributed by atoms with van der Waals surface area (Å²) in [4.78, 5) is 2.32. The second-order valence-corrected chi connectivity index (χ2v) is 6.03. The van der Waals surface area contributed by atoms with Crippen molar-refractivity contribution in [3.63, 3.8) is 0 Å². The lowest BCUT2D eigenvalue weighted by Crippen LogP contribution is -2.31. The molecule has 0 aliphatic rings. The van der Waals surface area contributed by atoms with Crippen molar-refractivity contribution in [2.24, 2.45) is 0 Å². The van der Waals surface area contributed by atoms with E-state index < -0.39 is 0 Å². The quantitative estimate of drug-likeness (QED) is 0.776. The van der Waals surface area contributed by atoms with E-state index in [-0.39, 0.29) is 5.82 Å². The van der Waals surface area contributed by atoms with Crippen molar-refractivity contribution in [1.82, 2.24) is 10.2 Å². The molecule has 1 aromatic carbocycles. The van der Waals surface area contributed by atoms with Crippen LogP contribution in [0.4, 0.5) is 4.39 Å². The molecule has 0 unspecified atom stereocenters. The van der Waals surface area contributed by atoms with Crippen LogP contribution in [0.5, 0.6) is 0 Å². The van der Waals surface area contributed by atoms with Crippen LogP contribution in [-0.2, 0) is 13.1 Å². The molecule has 0 bridgehead atoms. The average Bonchev–Trinajstić information content (AvgIpc) is 2.38. The average molecular weight is 280 g/mol. The maximum atomic E-state index is 14.0. The summed E-state index contributed by atoms with van der Waals surface area (Å²) in [6.07, 6.45) is 1.09. The lowest BCUT2D eigenvalue weighted by Gasteiger charge is -2.26. The van der Waals surface area contributed by atoms with Gasteiger partial charge in [0.25, 0.3) is 0 Å². The molecular formula is C17H29FN2. The number of rotatable bonds is 8. The minimum absolute atomic E-state index is 0.0972. The maximum Gasteiger partial charge on any atom is 0.127 e. The second-order valence-electron chi connectivity index (χ2n) is 6.03. The Morgan fingerprint density at radius 3 is 2.45 bits per heavy atom. The van der Waals surface area contributed by atoms with Crippen molar-refractivity contribution in [3.05, 3.63) is 35.1 Å². The van der Waals surface area contributed by atoms with Crippen LogP contribution in [0.1, 0.15) is 52.2 Å². The van der Waals surface area contributed by atoms with Gasteiger partial charge >= 0.3 is 0 Å². The lowest BCUT2D eigenvalue weighted by molar-refractivity contribution is 0.210. The van der Waals surface area contributed by atoms with Gasteiger partial charge in [0.1, 0.15) is 5.82 Å². The first-order valence-electron chi connectivity index (χ1n) is 7.68. The first-order valence-corrected chi connectivity index (χ1v) is 7.68. The predicted octanol–water partition coefficient (Wildman–Crippen LogP) is 3.94. The van der Waals surface area contributed by atoms with Crippen LogP contribution < -0.4 is 5.32 Å². The van der Waals surface area contributed by atoms with Crippen molar-refractivity contribution < 1.29 is 4.39 Å². The van der Waals surface area contributed by atoms with E-state index >= 15 is 0 Å². The van der Waals surface area contributed by atoms with Crippen molar-refractivity contribution in [1.29, 1.82) is 0 Å². The fraction of sp³-hybridized carbons (Fsp3) is 0.647. The van der Waals surface area contributed by atoms with Crippen molar-refractivity contribution in [2.45, 2.75) is 66.2 Å². The van der Waals surface area contributed by atoms with Crippen LogP contribution in [-0.4, -0.2) is 23.5 Å². The minimum atomic E-state index is -0.0972. The summed E-state index contributed by atoms with van der Waals surface area (Å²) in [6, 6.07) is 6.34. The summed E-state index contributed by atoms with van der Waals surface area (Å²) in [5, 5.41) is 3.37. The summed E-state index contributed by atoms with van der Waals surface area (Å²) < 4.78 is 14.0. The highest BCUT2D eigenvalue weighted by molar-refractivity contribution is 5.25. The van der Waals surface area contributed by atoms with E-state index in [0.717, 1.165) is 30.6 Å². The SMILES string of the molecule is CCCN(Cc1cc(CNC(C)C)ccc1F)C(C)C. The van der Waals surface area contributed by atoms with Gasteiger partial charge in [-0.25, -0.2) is 4.39 Å². The van der Waals surface area contributed by atoms with E-state index in [0.29, 0.717) is 18.6 Å². The van der Waals surface area contributed by atoms with E-state index in [9.17, 15) is 4.39 Å². The molecule has 0 atom stereocenters. The third-order valence-corrected chi connectivity index (χ3v) is 3.44. The Morgan fingerprint density at radius 2 is 1.90 bits per heavy atom. The van der Waals surface area contributed by atoms with Crippen molar-refractivity contribution >= 4 is 0 Å². The van der Waals surface area contributed by atoms with Gasteiger partial charge in [0.05, 0.1) is 0 Å². The molecule has 0 aliphatic carbocycles. The number of halogens is 1. The van der Waals surface area contributed by atoms with E-state index in [4.69, 9.17) is 0 Å². The monoisotopic (exact) mass is 280 g/mol. The summed E-state index contributed by atoms with van der Waals surface area (Å²) >= 11 is 0. The molecule has 1 aromatic rings. The summed E-state index contributed by atoms with van der Waals surface area (Å²) in [5.74, 6) is -0.0972. The molecule has 2 nitrogen and oxygen atoms in total. The van der Waals surface area contributed by atoms with Gasteiger partial charge in [0, 0.05) is 30.7 Å². The summed E-state index contributed by atoms with van der Waals surface area (Å²) in [5.41, 5.74) is 1.95. The molecule has 0 spiro atoms. The first kappa shape index (κ1) is 17.1. The third-order valence-electron chi connectivity index (χ3n) is 3.44. The van der Waals surface area contributed by atoms with Crippen LogP contribution >= 0.6 is 0 Å². The summed E-state index contributed by atoms with van der Waals surface area (Å²) in [6.45, 7) is 13.2. The van der Waals surface area contributed by atoms with Crippen molar-refractivity contribution in [3.8, 4) is 0 Å². The van der Waals surface area contributed by atoms with Gasteiger partial charge in [-0.05, 0) is 38.4 Å². The zero-order valence-corrected chi connectivity index (χ0v) is 13.5. The fourth-order valence-electron chi connectivity index (χ4n) is 2.21. The molecule has 0 aliphatic heterocycles. The summed E-state index contributed by atoms with van der Waals surface area (Å²) in [7, 11) is 0. The Balaban J connectivity index is 2.79. The molecule has 114 valence electrons. The van der Waals surface area contributed by atoms with Crippen LogP contribution in [0.25, 0.3) is 0 Å². The molecule has 0 amide bonds. The smallest absolute Gasteiger partial charge is 0.127 e. The molecule has 0 heterocycles. The normalized spacial score (nSPS) is 11.8. The number of hydrogen-bond acceptors (Lipinski definition) is 2. The van der Waals surface area contributed by atoms with Gasteiger partial charge in [0.2, 0.25) is 0 Å². The molecular weight excluding hydrogens is 251 g/mol. The highest BCUT2D eigenvalue weighted by atomic mass is 19.1. The lowest BCUT2D eigenvalue weighted by atomic mass is 10.1. The predicted molar refractivity (Wildman–Crippen MR) is 84.2 cm³/mol. The molecule has 0 radical (unpaired) electrons. The van der Waals surface area contributed by atoms with E-state index in [1.165, 1.54) is 0 Å². The van der Waals surface area contributed by atoms with E-state index in [2.05, 4.69) is 44.8 Å². The molecule has 0 saturated heterocycles. The van der Waals surface area contributed by atoms with E-state index in [1.54, 1.807) is 6.07 Å². The Kier molecular flexibility index (Phi) is 7.17. The van der Waals surface area contributed by atoms with Gasteiger partial charge in [-0.15, -0.1) is 0 Å². The fourth-order valence-corrected chi connectivity index (χ4v) is 2.21. The van der Waals surface area contributed by atoms with Gasteiger partial charge in [-0.1, -0.05) is 32.9 Å². The van der Waals surface area contributed by atoms with Gasteiger partial charge in [-0.2, -0.15) is 0 Å². The highest BCUT2D eigenvalue weighted by Gasteiger charge is 2.12. The Labute approximate surface area is 123 Å². The molecule has 0 saturated carbocycles. The number of nitrogens with zero attached hydrogens (tertiary/aromatic N) is 1. The van der Waals surface area contributed by atoms with Crippen LogP contribution in [0.3, 0.4) is 0 Å². The van der Waals surface area contributed by atoms with Crippen LogP contribution in [0.2, 0.25) is 0 Å². The Morgan fingerprint density at radius 1 is 1.20 bits per heavy atom. The van der Waals surface area contributed by atoms with Crippen molar-refractivity contribution in [2.75, 3.05) is 6.54 Å². The first-order chi connectivity index (χ1) is 9.43. The zero-order chi connectivity index (χ0) is 15.1.